The summed E-state index contributed by atoms with van der Waals surface area (Å²) in [6.07, 6.45) is 0.657. The first-order valence-corrected chi connectivity index (χ1v) is 11.6. The van der Waals surface area contributed by atoms with Crippen molar-refractivity contribution in [3.63, 3.8) is 0 Å². The van der Waals surface area contributed by atoms with Crippen LogP contribution in [0.3, 0.4) is 0 Å². The summed E-state index contributed by atoms with van der Waals surface area (Å²) in [4.78, 5) is 15.6. The number of morpholine rings is 1. The van der Waals surface area contributed by atoms with Gasteiger partial charge in [0, 0.05) is 29.5 Å². The van der Waals surface area contributed by atoms with Crippen molar-refractivity contribution in [2.45, 2.75) is 25.8 Å². The number of nitrogens with zero attached hydrogens (tertiary/aromatic N) is 3. The first-order chi connectivity index (χ1) is 14.4. The van der Waals surface area contributed by atoms with Crippen molar-refractivity contribution in [2.24, 2.45) is 0 Å². The number of rotatable bonds is 3. The number of thiophene rings is 1. The standard InChI is InChI=1S/C22H22BrN3O3S/c1-22(2)12-29-6-5-25(22)21(27)19-16-8-13-9-18(28-3)17(23)10-15(13)20(16)26(24-19)14-4-7-30-11-14/h4,7,9-11H,5-6,8,12H2,1-3H3. The molecule has 1 amide bonds. The van der Waals surface area contributed by atoms with Gasteiger partial charge in [0.25, 0.3) is 5.91 Å². The highest BCUT2D eigenvalue weighted by molar-refractivity contribution is 9.10. The van der Waals surface area contributed by atoms with Crippen LogP contribution >= 0.6 is 27.3 Å². The van der Waals surface area contributed by atoms with E-state index in [1.54, 1.807) is 18.4 Å². The zero-order valence-electron chi connectivity index (χ0n) is 17.1. The van der Waals surface area contributed by atoms with E-state index in [9.17, 15) is 4.79 Å². The molecule has 6 nitrogen and oxygen atoms in total. The van der Waals surface area contributed by atoms with Gasteiger partial charge in [0.1, 0.15) is 5.75 Å². The monoisotopic (exact) mass is 487 g/mol. The van der Waals surface area contributed by atoms with Gasteiger partial charge in [-0.2, -0.15) is 16.4 Å². The Morgan fingerprint density at radius 3 is 2.90 bits per heavy atom. The summed E-state index contributed by atoms with van der Waals surface area (Å²) in [6, 6.07) is 6.14. The number of fused-ring (bicyclic) bond motifs is 3. The van der Waals surface area contributed by atoms with Gasteiger partial charge in [0.2, 0.25) is 0 Å². The van der Waals surface area contributed by atoms with Crippen molar-refractivity contribution in [3.05, 3.63) is 50.3 Å². The molecule has 0 bridgehead atoms. The summed E-state index contributed by atoms with van der Waals surface area (Å²) in [5, 5.41) is 8.91. The van der Waals surface area contributed by atoms with Crippen molar-refractivity contribution < 1.29 is 14.3 Å². The van der Waals surface area contributed by atoms with Gasteiger partial charge in [-0.05, 0) is 58.9 Å². The first kappa shape index (κ1) is 19.8. The number of amides is 1. The zero-order chi connectivity index (χ0) is 21.0. The molecule has 156 valence electrons. The number of aromatic nitrogens is 2. The lowest BCUT2D eigenvalue weighted by atomic mass is 10.0. The van der Waals surface area contributed by atoms with E-state index >= 15 is 0 Å². The van der Waals surface area contributed by atoms with Crippen LogP contribution in [0, 0.1) is 0 Å². The molecule has 3 aromatic rings. The van der Waals surface area contributed by atoms with Crippen LogP contribution in [0.2, 0.25) is 0 Å². The minimum atomic E-state index is -0.369. The van der Waals surface area contributed by atoms with Gasteiger partial charge in [0.15, 0.2) is 5.69 Å². The van der Waals surface area contributed by atoms with Gasteiger partial charge in [-0.1, -0.05) is 0 Å². The highest BCUT2D eigenvalue weighted by atomic mass is 79.9. The van der Waals surface area contributed by atoms with Crippen molar-refractivity contribution in [2.75, 3.05) is 26.9 Å². The Bertz CT molecular complexity index is 1140. The van der Waals surface area contributed by atoms with Crippen LogP contribution in [0.15, 0.2) is 33.4 Å². The predicted molar refractivity (Wildman–Crippen MR) is 120 cm³/mol. The summed E-state index contributed by atoms with van der Waals surface area (Å²) in [5.74, 6) is 0.753. The smallest absolute Gasteiger partial charge is 0.275 e. The molecular formula is C22H22BrN3O3S. The number of hydrogen-bond acceptors (Lipinski definition) is 5. The van der Waals surface area contributed by atoms with Gasteiger partial charge >= 0.3 is 0 Å². The van der Waals surface area contributed by atoms with Gasteiger partial charge < -0.3 is 14.4 Å². The largest absolute Gasteiger partial charge is 0.496 e. The topological polar surface area (TPSA) is 56.6 Å². The third-order valence-corrected chi connectivity index (χ3v) is 7.12. The second-order valence-corrected chi connectivity index (χ2v) is 9.85. The Kier molecular flexibility index (Phi) is 4.76. The molecule has 2 aromatic heterocycles. The average Bonchev–Trinajstić information content (AvgIpc) is 3.42. The second kappa shape index (κ2) is 7.21. The summed E-state index contributed by atoms with van der Waals surface area (Å²) in [5.41, 5.74) is 5.31. The molecule has 30 heavy (non-hydrogen) atoms. The lowest BCUT2D eigenvalue weighted by Gasteiger charge is -2.41. The quantitative estimate of drug-likeness (QED) is 0.426. The minimum absolute atomic E-state index is 0.0348. The maximum atomic E-state index is 13.7. The van der Waals surface area contributed by atoms with E-state index in [0.717, 1.165) is 38.3 Å². The molecule has 3 heterocycles. The van der Waals surface area contributed by atoms with Crippen molar-refractivity contribution >= 4 is 33.2 Å². The average molecular weight is 488 g/mol. The SMILES string of the molecule is COc1cc2c(cc1Br)-c1c(c(C(=O)N3CCOCC3(C)C)nn1-c1ccsc1)C2. The van der Waals surface area contributed by atoms with E-state index in [2.05, 4.69) is 27.4 Å². The first-order valence-electron chi connectivity index (χ1n) is 9.81. The Morgan fingerprint density at radius 1 is 1.37 bits per heavy atom. The number of carbonyl (C=O) groups is 1. The Labute approximate surface area is 187 Å². The molecule has 0 N–H and O–H groups in total. The lowest BCUT2D eigenvalue weighted by molar-refractivity contribution is -0.0373. The van der Waals surface area contributed by atoms with E-state index in [0.29, 0.717) is 31.9 Å². The highest BCUT2D eigenvalue weighted by Crippen LogP contribution is 2.44. The Balaban J connectivity index is 1.67. The van der Waals surface area contributed by atoms with E-state index < -0.39 is 0 Å². The third kappa shape index (κ3) is 3.01. The molecule has 5 rings (SSSR count). The maximum Gasteiger partial charge on any atom is 0.275 e. The minimum Gasteiger partial charge on any atom is -0.496 e. The number of halogens is 1. The summed E-state index contributed by atoms with van der Waals surface area (Å²) >= 11 is 5.22. The van der Waals surface area contributed by atoms with Gasteiger partial charge in [-0.3, -0.25) is 4.79 Å². The molecule has 0 atom stereocenters. The summed E-state index contributed by atoms with van der Waals surface area (Å²) in [6.45, 7) is 5.72. The molecule has 1 saturated heterocycles. The van der Waals surface area contributed by atoms with Crippen molar-refractivity contribution in [3.8, 4) is 22.7 Å². The fourth-order valence-corrected chi connectivity index (χ4v) is 5.42. The molecule has 0 spiro atoms. The Morgan fingerprint density at radius 2 is 2.20 bits per heavy atom. The summed E-state index contributed by atoms with van der Waals surface area (Å²) < 4.78 is 13.9. The molecule has 1 aromatic carbocycles. The molecule has 2 aliphatic rings. The van der Waals surface area contributed by atoms with E-state index in [1.165, 1.54) is 0 Å². The molecule has 1 fully saturated rings. The maximum absolute atomic E-state index is 13.7. The van der Waals surface area contributed by atoms with E-state index in [4.69, 9.17) is 14.6 Å². The van der Waals surface area contributed by atoms with Crippen LogP contribution in [0.25, 0.3) is 16.9 Å². The van der Waals surface area contributed by atoms with Gasteiger partial charge in [-0.25, -0.2) is 4.68 Å². The van der Waals surface area contributed by atoms with Crippen LogP contribution in [0.1, 0.15) is 35.5 Å². The second-order valence-electron chi connectivity index (χ2n) is 8.21. The number of ether oxygens (including phenoxy) is 2. The van der Waals surface area contributed by atoms with Crippen LogP contribution < -0.4 is 4.74 Å². The molecule has 0 radical (unpaired) electrons. The van der Waals surface area contributed by atoms with Crippen molar-refractivity contribution in [1.29, 1.82) is 0 Å². The lowest BCUT2D eigenvalue weighted by Crippen LogP contribution is -2.55. The number of hydrogen-bond donors (Lipinski definition) is 0. The molecule has 0 saturated carbocycles. The summed E-state index contributed by atoms with van der Waals surface area (Å²) in [7, 11) is 1.66. The molecule has 0 unspecified atom stereocenters. The van der Waals surface area contributed by atoms with Crippen molar-refractivity contribution in [1.82, 2.24) is 14.7 Å². The van der Waals surface area contributed by atoms with Gasteiger partial charge in [0.05, 0.1) is 41.7 Å². The molecule has 1 aliphatic carbocycles. The highest BCUT2D eigenvalue weighted by Gasteiger charge is 2.39. The fourth-order valence-electron chi connectivity index (χ4n) is 4.30. The van der Waals surface area contributed by atoms with Crippen LogP contribution in [0.5, 0.6) is 5.75 Å². The van der Waals surface area contributed by atoms with Crippen LogP contribution in [-0.4, -0.2) is 53.0 Å². The molecule has 8 heteroatoms. The predicted octanol–water partition coefficient (Wildman–Crippen LogP) is 4.53. The number of benzene rings is 1. The van der Waals surface area contributed by atoms with E-state index in [-0.39, 0.29) is 11.4 Å². The van der Waals surface area contributed by atoms with Crippen LogP contribution in [0.4, 0.5) is 0 Å². The Hall–Kier alpha value is -2.16. The zero-order valence-corrected chi connectivity index (χ0v) is 19.5. The third-order valence-electron chi connectivity index (χ3n) is 5.83. The molecular weight excluding hydrogens is 466 g/mol. The number of methoxy groups -OCH3 is 1. The van der Waals surface area contributed by atoms with Crippen LogP contribution in [-0.2, 0) is 11.2 Å². The van der Waals surface area contributed by atoms with Gasteiger partial charge in [-0.15, -0.1) is 0 Å². The number of carbonyl (C=O) groups excluding carboxylic acids is 1. The normalized spacial score (nSPS) is 17.0. The molecule has 1 aliphatic heterocycles. The van der Waals surface area contributed by atoms with E-state index in [1.807, 2.05) is 40.9 Å². The fraction of sp³-hybridized carbons (Fsp3) is 0.364.